The van der Waals surface area contributed by atoms with Gasteiger partial charge in [0.05, 0.1) is 23.4 Å². The van der Waals surface area contributed by atoms with Gasteiger partial charge in [0.2, 0.25) is 0 Å². The standard InChI is InChI=1S/C40H47NO7/c1-26(20-23-43-30-13-9-28-11-17-36(42)45-33(28)25-30)7-15-34-39(3,4)48-37(46-34)18-12-29-10-14-32-31(19-22-41-32)38(29)44-24-21-27(2)8-16-35-40(5,6)47-35/h9-14,17-22,25,34-35,37,41H,7-8,15-16,23-24H2,1-6H3/b18-12?,26-20+,27-21+/t34-,35?,37?/m1/s1. The predicted molar refractivity (Wildman–Crippen MR) is 190 cm³/mol. The van der Waals surface area contributed by atoms with Crippen molar-refractivity contribution in [2.45, 2.75) is 96.9 Å². The maximum atomic E-state index is 11.5. The fourth-order valence-electron chi connectivity index (χ4n) is 6.17. The van der Waals surface area contributed by atoms with Gasteiger partial charge in [0.25, 0.3) is 0 Å². The highest BCUT2D eigenvalue weighted by Crippen LogP contribution is 2.39. The molecule has 0 aliphatic carbocycles. The molecule has 8 nitrogen and oxygen atoms in total. The van der Waals surface area contributed by atoms with E-state index in [4.69, 9.17) is 28.1 Å². The summed E-state index contributed by atoms with van der Waals surface area (Å²) in [6.07, 6.45) is 13.7. The van der Waals surface area contributed by atoms with Gasteiger partial charge in [0, 0.05) is 40.2 Å². The van der Waals surface area contributed by atoms with Crippen molar-refractivity contribution in [3.8, 4) is 11.5 Å². The Morgan fingerprint density at radius 1 is 0.854 bits per heavy atom. The van der Waals surface area contributed by atoms with Gasteiger partial charge in [-0.2, -0.15) is 0 Å². The third-order valence-corrected chi connectivity index (χ3v) is 9.34. The zero-order valence-electron chi connectivity index (χ0n) is 28.8. The van der Waals surface area contributed by atoms with E-state index >= 15 is 0 Å². The van der Waals surface area contributed by atoms with Crippen LogP contribution in [0.2, 0.25) is 0 Å². The summed E-state index contributed by atoms with van der Waals surface area (Å²) in [5, 5.41) is 1.90. The molecule has 4 aromatic rings. The molecule has 4 heterocycles. The molecule has 0 saturated carbocycles. The lowest BCUT2D eigenvalue weighted by Gasteiger charge is -2.23. The first-order valence-corrected chi connectivity index (χ1v) is 16.9. The lowest BCUT2D eigenvalue weighted by molar-refractivity contribution is -0.0453. The Bertz CT molecular complexity index is 1890. The quantitative estimate of drug-likeness (QED) is 0.0825. The number of ether oxygens (including phenoxy) is 5. The number of benzene rings is 2. The second-order valence-corrected chi connectivity index (χ2v) is 14.0. The van der Waals surface area contributed by atoms with E-state index in [-0.39, 0.29) is 17.3 Å². The van der Waals surface area contributed by atoms with Crippen LogP contribution in [-0.4, -0.2) is 47.9 Å². The fraction of sp³-hybridized carbons (Fsp3) is 0.425. The van der Waals surface area contributed by atoms with Gasteiger partial charge in [-0.05, 0) is 122 Å². The molecule has 3 atom stereocenters. The summed E-state index contributed by atoms with van der Waals surface area (Å²) in [7, 11) is 0. The van der Waals surface area contributed by atoms with E-state index in [0.29, 0.717) is 30.7 Å². The van der Waals surface area contributed by atoms with Crippen LogP contribution in [0.5, 0.6) is 11.5 Å². The van der Waals surface area contributed by atoms with Crippen molar-refractivity contribution in [2.24, 2.45) is 0 Å². The molecule has 48 heavy (non-hydrogen) atoms. The number of rotatable bonds is 14. The van der Waals surface area contributed by atoms with Crippen LogP contribution < -0.4 is 15.1 Å². The van der Waals surface area contributed by atoms with E-state index in [1.54, 1.807) is 12.1 Å². The molecule has 254 valence electrons. The lowest BCUT2D eigenvalue weighted by Crippen LogP contribution is -2.32. The fourth-order valence-corrected chi connectivity index (χ4v) is 6.17. The van der Waals surface area contributed by atoms with Crippen LogP contribution in [0.1, 0.15) is 72.8 Å². The number of nitrogens with one attached hydrogen (secondary N) is 1. The first kappa shape index (κ1) is 33.8. The third-order valence-electron chi connectivity index (χ3n) is 9.34. The molecule has 0 spiro atoms. The van der Waals surface area contributed by atoms with E-state index in [9.17, 15) is 4.79 Å². The summed E-state index contributed by atoms with van der Waals surface area (Å²) < 4.78 is 36.0. The zero-order chi connectivity index (χ0) is 33.9. The van der Waals surface area contributed by atoms with Gasteiger partial charge in [-0.15, -0.1) is 0 Å². The Kier molecular flexibility index (Phi) is 9.97. The number of epoxide rings is 1. The molecule has 0 amide bonds. The lowest BCUT2D eigenvalue weighted by atomic mass is 9.96. The van der Waals surface area contributed by atoms with Crippen molar-refractivity contribution in [1.82, 2.24) is 4.98 Å². The van der Waals surface area contributed by atoms with Crippen LogP contribution in [-0.2, 0) is 14.2 Å². The Balaban J connectivity index is 1.02. The number of aromatic amines is 1. The minimum atomic E-state index is -0.462. The molecular weight excluding hydrogens is 606 g/mol. The average Bonchev–Trinajstić information content (AvgIpc) is 3.32. The summed E-state index contributed by atoms with van der Waals surface area (Å²) in [5.74, 6) is 1.49. The highest BCUT2D eigenvalue weighted by atomic mass is 16.7. The molecule has 8 heteroatoms. The van der Waals surface area contributed by atoms with E-state index in [1.165, 1.54) is 17.2 Å². The highest BCUT2D eigenvalue weighted by Gasteiger charge is 2.46. The molecule has 2 aliphatic heterocycles. The number of H-pyrrole nitrogens is 1. The largest absolute Gasteiger partial charge is 0.489 e. The monoisotopic (exact) mass is 653 g/mol. The van der Waals surface area contributed by atoms with E-state index in [1.807, 2.05) is 30.5 Å². The molecule has 0 radical (unpaired) electrons. The topological polar surface area (TPSA) is 95.5 Å². The van der Waals surface area contributed by atoms with E-state index in [2.05, 4.69) is 76.9 Å². The number of allylic oxidation sites excluding steroid dienone is 2. The van der Waals surface area contributed by atoms with Crippen LogP contribution in [0.4, 0.5) is 0 Å². The Morgan fingerprint density at radius 2 is 1.56 bits per heavy atom. The second-order valence-electron chi connectivity index (χ2n) is 14.0. The Hall–Kier alpha value is -4.11. The van der Waals surface area contributed by atoms with Crippen LogP contribution in [0, 0.1) is 0 Å². The SMILES string of the molecule is C/C(=C\COc1c(C=CC2O[C@H](CC/C(C)=C/COc3ccc4ccc(=O)oc4c3)C(C)(C)O2)ccc2[nH]ccc12)CCC1OC1(C)C. The second kappa shape index (κ2) is 14.2. The smallest absolute Gasteiger partial charge is 0.336 e. The summed E-state index contributed by atoms with van der Waals surface area (Å²) in [6, 6.07) is 14.9. The summed E-state index contributed by atoms with van der Waals surface area (Å²) in [4.78, 5) is 14.8. The molecule has 0 bridgehead atoms. The number of aromatic nitrogens is 1. The summed E-state index contributed by atoms with van der Waals surface area (Å²) in [6.45, 7) is 13.6. The van der Waals surface area contributed by atoms with E-state index < -0.39 is 11.9 Å². The van der Waals surface area contributed by atoms with Gasteiger partial charge in [-0.3, -0.25) is 0 Å². The van der Waals surface area contributed by atoms with Crippen molar-refractivity contribution in [2.75, 3.05) is 13.2 Å². The minimum absolute atomic E-state index is 0.0265. The number of hydrogen-bond acceptors (Lipinski definition) is 7. The third kappa shape index (κ3) is 8.29. The summed E-state index contributed by atoms with van der Waals surface area (Å²) in [5.41, 5.74) is 4.25. The van der Waals surface area contributed by atoms with Crippen molar-refractivity contribution in [1.29, 1.82) is 0 Å². The van der Waals surface area contributed by atoms with Gasteiger partial charge < -0.3 is 33.1 Å². The van der Waals surface area contributed by atoms with Crippen molar-refractivity contribution >= 4 is 27.9 Å². The Morgan fingerprint density at radius 3 is 2.31 bits per heavy atom. The van der Waals surface area contributed by atoms with Crippen LogP contribution in [0.25, 0.3) is 27.9 Å². The molecule has 2 aliphatic rings. The van der Waals surface area contributed by atoms with Gasteiger partial charge in [0.1, 0.15) is 30.3 Å². The zero-order valence-corrected chi connectivity index (χ0v) is 28.8. The van der Waals surface area contributed by atoms with E-state index in [0.717, 1.165) is 53.3 Å². The molecule has 2 aromatic heterocycles. The number of fused-ring (bicyclic) bond motifs is 2. The molecule has 2 unspecified atom stereocenters. The maximum absolute atomic E-state index is 11.5. The molecule has 6 rings (SSSR count). The molecular formula is C40H47NO7. The minimum Gasteiger partial charge on any atom is -0.489 e. The average molecular weight is 654 g/mol. The van der Waals surface area contributed by atoms with Gasteiger partial charge in [-0.1, -0.05) is 17.2 Å². The normalized spacial score (nSPS) is 22.2. The van der Waals surface area contributed by atoms with Crippen molar-refractivity contribution in [3.05, 3.63) is 100 Å². The molecule has 2 saturated heterocycles. The first-order valence-electron chi connectivity index (χ1n) is 16.9. The van der Waals surface area contributed by atoms with Gasteiger partial charge in [-0.25, -0.2) is 4.79 Å². The highest BCUT2D eigenvalue weighted by molar-refractivity contribution is 5.89. The van der Waals surface area contributed by atoms with Gasteiger partial charge >= 0.3 is 5.63 Å². The Labute approximate surface area is 282 Å². The number of hydrogen-bond donors (Lipinski definition) is 1. The first-order chi connectivity index (χ1) is 23.0. The maximum Gasteiger partial charge on any atom is 0.336 e. The van der Waals surface area contributed by atoms with Crippen LogP contribution >= 0.6 is 0 Å². The molecule has 1 N–H and O–H groups in total. The van der Waals surface area contributed by atoms with Crippen molar-refractivity contribution in [3.63, 3.8) is 0 Å². The predicted octanol–water partition coefficient (Wildman–Crippen LogP) is 8.90. The van der Waals surface area contributed by atoms with Crippen molar-refractivity contribution < 1.29 is 28.1 Å². The molecule has 2 aromatic carbocycles. The summed E-state index contributed by atoms with van der Waals surface area (Å²) >= 11 is 0. The van der Waals surface area contributed by atoms with Gasteiger partial charge in [0.15, 0.2) is 6.29 Å². The molecule has 2 fully saturated rings. The van der Waals surface area contributed by atoms with Crippen LogP contribution in [0.15, 0.2) is 93.3 Å². The van der Waals surface area contributed by atoms with Crippen LogP contribution in [0.3, 0.4) is 0 Å².